The number of rotatable bonds is 2. The molecular formula is C8H13. The van der Waals surface area contributed by atoms with Crippen molar-refractivity contribution in [3.8, 4) is 0 Å². The van der Waals surface area contributed by atoms with Gasteiger partial charge in [0.25, 0.3) is 0 Å². The van der Waals surface area contributed by atoms with Crippen LogP contribution in [0.3, 0.4) is 0 Å². The summed E-state index contributed by atoms with van der Waals surface area (Å²) in [6.45, 7) is 7.77. The Kier molecular flexibility index (Phi) is 4.33. The standard InChI is InChI=1S/C8H13/c1-4-7-8(5-2)6-3/h4-5,7H,1,6H2,2-3H3. The zero-order valence-corrected chi connectivity index (χ0v) is 5.65. The van der Waals surface area contributed by atoms with Gasteiger partial charge in [0.15, 0.2) is 0 Å². The van der Waals surface area contributed by atoms with Crippen molar-refractivity contribution in [2.75, 3.05) is 0 Å². The van der Waals surface area contributed by atoms with Gasteiger partial charge in [0.05, 0.1) is 0 Å². The van der Waals surface area contributed by atoms with Gasteiger partial charge in [0, 0.05) is 0 Å². The van der Waals surface area contributed by atoms with E-state index in [-0.39, 0.29) is 0 Å². The molecule has 0 amide bonds. The second-order valence-electron chi connectivity index (χ2n) is 1.62. The van der Waals surface area contributed by atoms with Gasteiger partial charge in [-0.3, -0.25) is 0 Å². The highest BCUT2D eigenvalue weighted by Crippen LogP contribution is 2.00. The summed E-state index contributed by atoms with van der Waals surface area (Å²) in [6.07, 6.45) is 7.04. The summed E-state index contributed by atoms with van der Waals surface area (Å²) in [5.74, 6) is 0. The summed E-state index contributed by atoms with van der Waals surface area (Å²) in [5.41, 5.74) is 1.35. The van der Waals surface area contributed by atoms with Crippen molar-refractivity contribution in [3.05, 3.63) is 30.7 Å². The van der Waals surface area contributed by atoms with Gasteiger partial charge >= 0.3 is 0 Å². The molecule has 0 aromatic heterocycles. The number of allylic oxidation sites excluding steroid dienone is 4. The minimum Gasteiger partial charge on any atom is -0.0845 e. The van der Waals surface area contributed by atoms with E-state index in [1.54, 1.807) is 0 Å². The molecule has 0 aliphatic rings. The maximum absolute atomic E-state index is 3.60. The first-order chi connectivity index (χ1) is 3.85. The summed E-state index contributed by atoms with van der Waals surface area (Å²) in [7, 11) is 0. The van der Waals surface area contributed by atoms with E-state index in [9.17, 15) is 0 Å². The third-order valence-corrected chi connectivity index (χ3v) is 1.11. The second kappa shape index (κ2) is 4.63. The van der Waals surface area contributed by atoms with E-state index in [2.05, 4.69) is 19.9 Å². The smallest absolute Gasteiger partial charge is 0.0311 e. The molecule has 0 saturated carbocycles. The SMILES string of the molecule is [CH2]C=CC(=CC)CC. The molecule has 0 aliphatic heterocycles. The van der Waals surface area contributed by atoms with Crippen LogP contribution in [0.1, 0.15) is 20.3 Å². The van der Waals surface area contributed by atoms with Crippen LogP contribution in [-0.2, 0) is 0 Å². The van der Waals surface area contributed by atoms with Crippen LogP contribution in [0.25, 0.3) is 0 Å². The van der Waals surface area contributed by atoms with Gasteiger partial charge in [-0.15, -0.1) is 0 Å². The maximum Gasteiger partial charge on any atom is -0.0311 e. The Balaban J connectivity index is 3.72. The largest absolute Gasteiger partial charge is 0.0845 e. The number of hydrogen-bond donors (Lipinski definition) is 0. The number of hydrogen-bond acceptors (Lipinski definition) is 0. The lowest BCUT2D eigenvalue weighted by atomic mass is 10.2. The summed E-state index contributed by atoms with van der Waals surface area (Å²) in [6, 6.07) is 0. The Hall–Kier alpha value is -0.520. The predicted molar refractivity (Wildman–Crippen MR) is 38.5 cm³/mol. The topological polar surface area (TPSA) is 0 Å². The summed E-state index contributed by atoms with van der Waals surface area (Å²) in [4.78, 5) is 0. The molecule has 0 aromatic carbocycles. The zero-order chi connectivity index (χ0) is 6.41. The average molecular weight is 109 g/mol. The van der Waals surface area contributed by atoms with E-state index >= 15 is 0 Å². The molecule has 0 unspecified atom stereocenters. The van der Waals surface area contributed by atoms with E-state index < -0.39 is 0 Å². The molecule has 0 aliphatic carbocycles. The van der Waals surface area contributed by atoms with Crippen molar-refractivity contribution in [2.24, 2.45) is 0 Å². The minimum absolute atomic E-state index is 1.10. The second-order valence-corrected chi connectivity index (χ2v) is 1.62. The van der Waals surface area contributed by atoms with Crippen molar-refractivity contribution >= 4 is 0 Å². The maximum atomic E-state index is 3.60. The van der Waals surface area contributed by atoms with Crippen molar-refractivity contribution < 1.29 is 0 Å². The Bertz CT molecular complexity index is 93.9. The molecule has 0 atom stereocenters. The van der Waals surface area contributed by atoms with E-state index in [4.69, 9.17) is 0 Å². The molecule has 0 saturated heterocycles. The van der Waals surface area contributed by atoms with Crippen molar-refractivity contribution in [1.29, 1.82) is 0 Å². The molecule has 0 rings (SSSR count). The van der Waals surface area contributed by atoms with E-state index in [0.717, 1.165) is 6.42 Å². The highest BCUT2D eigenvalue weighted by atomic mass is 13.9. The minimum atomic E-state index is 1.10. The van der Waals surface area contributed by atoms with E-state index in [0.29, 0.717) is 0 Å². The first-order valence-electron chi connectivity index (χ1n) is 2.96. The van der Waals surface area contributed by atoms with Crippen LogP contribution < -0.4 is 0 Å². The third kappa shape index (κ3) is 2.62. The summed E-state index contributed by atoms with van der Waals surface area (Å²) in [5, 5.41) is 0. The fourth-order valence-electron chi connectivity index (χ4n) is 0.570. The molecule has 0 bridgehead atoms. The van der Waals surface area contributed by atoms with Crippen LogP contribution in [0, 0.1) is 6.92 Å². The third-order valence-electron chi connectivity index (χ3n) is 1.11. The monoisotopic (exact) mass is 109 g/mol. The lowest BCUT2D eigenvalue weighted by Crippen LogP contribution is -1.69. The summed E-state index contributed by atoms with van der Waals surface area (Å²) < 4.78 is 0. The fourth-order valence-corrected chi connectivity index (χ4v) is 0.570. The molecule has 0 N–H and O–H groups in total. The van der Waals surface area contributed by atoms with Crippen LogP contribution in [0.4, 0.5) is 0 Å². The Morgan fingerprint density at radius 3 is 2.38 bits per heavy atom. The lowest BCUT2D eigenvalue weighted by molar-refractivity contribution is 1.14. The molecule has 45 valence electrons. The molecule has 0 heterocycles. The zero-order valence-electron chi connectivity index (χ0n) is 5.65. The Morgan fingerprint density at radius 2 is 2.25 bits per heavy atom. The molecule has 8 heavy (non-hydrogen) atoms. The van der Waals surface area contributed by atoms with Crippen LogP contribution in [0.2, 0.25) is 0 Å². The molecule has 0 nitrogen and oxygen atoms in total. The Labute approximate surface area is 51.9 Å². The van der Waals surface area contributed by atoms with Crippen LogP contribution in [0.15, 0.2) is 23.8 Å². The van der Waals surface area contributed by atoms with Gasteiger partial charge < -0.3 is 0 Å². The van der Waals surface area contributed by atoms with Crippen LogP contribution in [-0.4, -0.2) is 0 Å². The van der Waals surface area contributed by atoms with Gasteiger partial charge in [0.2, 0.25) is 0 Å². The van der Waals surface area contributed by atoms with Crippen molar-refractivity contribution in [3.63, 3.8) is 0 Å². The molecular weight excluding hydrogens is 96.1 g/mol. The van der Waals surface area contributed by atoms with Crippen LogP contribution in [0.5, 0.6) is 0 Å². The van der Waals surface area contributed by atoms with Gasteiger partial charge in [-0.25, -0.2) is 0 Å². The molecule has 1 radical (unpaired) electrons. The highest BCUT2D eigenvalue weighted by Gasteiger charge is 1.79. The highest BCUT2D eigenvalue weighted by molar-refractivity contribution is 5.17. The van der Waals surface area contributed by atoms with E-state index in [1.165, 1.54) is 5.57 Å². The van der Waals surface area contributed by atoms with Gasteiger partial charge in [-0.1, -0.05) is 30.7 Å². The van der Waals surface area contributed by atoms with Crippen molar-refractivity contribution in [1.82, 2.24) is 0 Å². The average Bonchev–Trinajstić information content (AvgIpc) is 1.83. The quantitative estimate of drug-likeness (QED) is 0.478. The molecule has 0 fully saturated rings. The first-order valence-corrected chi connectivity index (χ1v) is 2.96. The molecule has 0 spiro atoms. The van der Waals surface area contributed by atoms with Gasteiger partial charge in [0.1, 0.15) is 0 Å². The van der Waals surface area contributed by atoms with Gasteiger partial charge in [-0.05, 0) is 20.3 Å². The fraction of sp³-hybridized carbons (Fsp3) is 0.375. The van der Waals surface area contributed by atoms with E-state index in [1.807, 2.05) is 19.1 Å². The molecule has 0 aromatic rings. The Morgan fingerprint density at radius 1 is 1.62 bits per heavy atom. The molecule has 0 heteroatoms. The normalized spacial score (nSPS) is 13.1. The predicted octanol–water partition coefficient (Wildman–Crippen LogP) is 2.73. The summed E-state index contributed by atoms with van der Waals surface area (Å²) >= 11 is 0. The lowest BCUT2D eigenvalue weighted by Gasteiger charge is -1.90. The van der Waals surface area contributed by atoms with Gasteiger partial charge in [-0.2, -0.15) is 0 Å². The first kappa shape index (κ1) is 7.48. The van der Waals surface area contributed by atoms with Crippen molar-refractivity contribution in [2.45, 2.75) is 20.3 Å². The van der Waals surface area contributed by atoms with Crippen LogP contribution >= 0.6 is 0 Å².